The average Bonchev–Trinajstić information content (AvgIpc) is 3.04. The Balaban J connectivity index is 3.97. The van der Waals surface area contributed by atoms with Crippen molar-refractivity contribution in [3.63, 3.8) is 0 Å². The Bertz CT molecular complexity index is 588. The lowest BCUT2D eigenvalue weighted by Gasteiger charge is -2.29. The third kappa shape index (κ3) is 28.0. The van der Waals surface area contributed by atoms with Crippen LogP contribution in [0.4, 0.5) is 0 Å². The predicted octanol–water partition coefficient (Wildman–Crippen LogP) is 12.8. The van der Waals surface area contributed by atoms with Gasteiger partial charge >= 0.3 is 11.8 Å². The molecule has 1 N–H and O–H groups in total. The second-order valence-electron chi connectivity index (χ2n) is 14.5. The number of aliphatic hydroxyl groups excluding tert-OH is 1. The number of imide groups is 1. The van der Waals surface area contributed by atoms with Gasteiger partial charge in [0, 0.05) is 6.61 Å². The number of quaternary nitrogens is 1. The first-order chi connectivity index (χ1) is 22.0. The molecule has 4 heteroatoms. The van der Waals surface area contributed by atoms with Gasteiger partial charge in [0.1, 0.15) is 0 Å². The van der Waals surface area contributed by atoms with Crippen LogP contribution in [-0.2, 0) is 9.59 Å². The summed E-state index contributed by atoms with van der Waals surface area (Å²) in [6.45, 7) is 5.22. The number of unbranched alkanes of at least 4 members (excludes halogenated alkanes) is 29. The number of carbonyl (C=O) groups excluding carboxylic acids is 2. The summed E-state index contributed by atoms with van der Waals surface area (Å²) >= 11 is 0. The molecule has 268 valence electrons. The molecule has 0 heterocycles. The quantitative estimate of drug-likeness (QED) is 0.0550. The molecule has 0 unspecified atom stereocenters. The van der Waals surface area contributed by atoms with Crippen molar-refractivity contribution in [2.45, 2.75) is 232 Å². The summed E-state index contributed by atoms with van der Waals surface area (Å²) in [6, 6.07) is 0. The van der Waals surface area contributed by atoms with Gasteiger partial charge in [-0.15, -0.1) is 0 Å². The summed E-state index contributed by atoms with van der Waals surface area (Å²) in [6.07, 6.45) is 41.8. The van der Waals surface area contributed by atoms with Crippen molar-refractivity contribution in [2.75, 3.05) is 20.2 Å². The van der Waals surface area contributed by atoms with Crippen molar-refractivity contribution in [3.8, 4) is 0 Å². The molecule has 4 nitrogen and oxygen atoms in total. The van der Waals surface area contributed by atoms with Gasteiger partial charge in [-0.2, -0.15) is 0 Å². The van der Waals surface area contributed by atoms with Crippen molar-refractivity contribution in [3.05, 3.63) is 0 Å². The molecule has 0 aromatic carbocycles. The predicted molar refractivity (Wildman–Crippen MR) is 196 cm³/mol. The van der Waals surface area contributed by atoms with E-state index in [1.54, 1.807) is 0 Å². The molecular weight excluding hydrogens is 554 g/mol. The van der Waals surface area contributed by atoms with Crippen molar-refractivity contribution in [2.24, 2.45) is 0 Å². The third-order valence-corrected chi connectivity index (χ3v) is 10.1. The zero-order chi connectivity index (χ0) is 33.1. The highest BCUT2D eigenvalue weighted by atomic mass is 16.3. The van der Waals surface area contributed by atoms with E-state index in [-0.39, 0.29) is 22.9 Å². The second kappa shape index (κ2) is 34.6. The Kier molecular flexibility index (Phi) is 34.0. The van der Waals surface area contributed by atoms with Crippen LogP contribution < -0.4 is 0 Å². The summed E-state index contributed by atoms with van der Waals surface area (Å²) in [5, 5.41) is 9.27. The van der Waals surface area contributed by atoms with E-state index in [0.29, 0.717) is 25.8 Å². The lowest BCUT2D eigenvalue weighted by molar-refractivity contribution is -0.759. The van der Waals surface area contributed by atoms with E-state index in [0.717, 1.165) is 32.1 Å². The lowest BCUT2D eigenvalue weighted by atomic mass is 10.0. The average molecular weight is 637 g/mol. The van der Waals surface area contributed by atoms with Crippen molar-refractivity contribution >= 4 is 11.8 Å². The smallest absolute Gasteiger partial charge is 0.320 e. The topological polar surface area (TPSA) is 54.4 Å². The van der Waals surface area contributed by atoms with E-state index in [1.807, 2.05) is 7.05 Å². The Morgan fingerprint density at radius 2 is 0.622 bits per heavy atom. The molecule has 0 aliphatic carbocycles. The molecule has 0 atom stereocenters. The Morgan fingerprint density at radius 1 is 0.378 bits per heavy atom. The van der Waals surface area contributed by atoms with Crippen LogP contribution in [0, 0.1) is 0 Å². The molecule has 0 radical (unpaired) electrons. The molecule has 0 aliphatic rings. The monoisotopic (exact) mass is 637 g/mol. The number of amides is 2. The maximum absolute atomic E-state index is 13.3. The number of aliphatic hydroxyl groups is 1. The fraction of sp³-hybridized carbons (Fsp3) is 0.951. The van der Waals surface area contributed by atoms with Crippen LogP contribution in [-0.4, -0.2) is 41.6 Å². The van der Waals surface area contributed by atoms with E-state index in [1.165, 1.54) is 167 Å². The molecule has 0 aromatic heterocycles. The van der Waals surface area contributed by atoms with Crippen LogP contribution >= 0.6 is 0 Å². The van der Waals surface area contributed by atoms with Crippen molar-refractivity contribution in [1.82, 2.24) is 0 Å². The molecule has 0 bridgehead atoms. The minimum absolute atomic E-state index is 0.0583. The molecule has 0 aliphatic heterocycles. The van der Waals surface area contributed by atoms with Gasteiger partial charge in [0.15, 0.2) is 0 Å². The van der Waals surface area contributed by atoms with Gasteiger partial charge in [0.05, 0.1) is 26.4 Å². The zero-order valence-electron chi connectivity index (χ0n) is 31.2. The number of hydrogen-bond acceptors (Lipinski definition) is 3. The minimum atomic E-state index is -0.0583. The molecule has 0 saturated carbocycles. The maximum atomic E-state index is 13.3. The fourth-order valence-electron chi connectivity index (χ4n) is 6.72. The van der Waals surface area contributed by atoms with Crippen molar-refractivity contribution < 1.29 is 19.2 Å². The van der Waals surface area contributed by atoms with Crippen LogP contribution in [0.25, 0.3) is 0 Å². The number of hydrogen-bond donors (Lipinski definition) is 1. The van der Waals surface area contributed by atoms with Gasteiger partial charge in [-0.3, -0.25) is 0 Å². The molecule has 0 rings (SSSR count). The molecule has 0 saturated heterocycles. The van der Waals surface area contributed by atoms with E-state index in [4.69, 9.17) is 0 Å². The summed E-state index contributed by atoms with van der Waals surface area (Å²) in [5.41, 5.74) is 0. The van der Waals surface area contributed by atoms with Crippen LogP contribution in [0.5, 0.6) is 0 Å². The first kappa shape index (κ1) is 44.3. The summed E-state index contributed by atoms with van der Waals surface area (Å²) in [4.78, 5) is 26.6. The number of rotatable bonds is 36. The molecule has 0 fully saturated rings. The standard InChI is InChI=1S/C41H82NO3/c1-4-6-8-10-12-14-16-18-20-22-24-26-28-30-32-36-40(44)42(3,38-34-35-39-43)41(45)37-33-31-29-27-25-23-21-19-17-15-13-11-9-7-5-2/h43H,4-39H2,1-3H3/q+1. The lowest BCUT2D eigenvalue weighted by Crippen LogP contribution is -2.54. The summed E-state index contributed by atoms with van der Waals surface area (Å²) in [7, 11) is 1.85. The van der Waals surface area contributed by atoms with Crippen LogP contribution in [0.2, 0.25) is 0 Å². The highest BCUT2D eigenvalue weighted by Gasteiger charge is 2.38. The zero-order valence-corrected chi connectivity index (χ0v) is 31.2. The van der Waals surface area contributed by atoms with Gasteiger partial charge in [0.2, 0.25) is 0 Å². The highest BCUT2D eigenvalue weighted by molar-refractivity contribution is 5.84. The Morgan fingerprint density at radius 3 is 0.867 bits per heavy atom. The van der Waals surface area contributed by atoms with Gasteiger partial charge in [-0.25, -0.2) is 14.1 Å². The van der Waals surface area contributed by atoms with Gasteiger partial charge in [-0.05, 0) is 25.7 Å². The first-order valence-electron chi connectivity index (χ1n) is 20.6. The van der Waals surface area contributed by atoms with Crippen LogP contribution in [0.3, 0.4) is 0 Å². The fourth-order valence-corrected chi connectivity index (χ4v) is 6.72. The van der Waals surface area contributed by atoms with E-state index in [2.05, 4.69) is 13.8 Å². The maximum Gasteiger partial charge on any atom is 0.320 e. The molecular formula is C41H82NO3+. The Hall–Kier alpha value is -0.740. The summed E-state index contributed by atoms with van der Waals surface area (Å²) < 4.78 is -0.0583. The Labute approximate surface area is 282 Å². The van der Waals surface area contributed by atoms with Crippen molar-refractivity contribution in [1.29, 1.82) is 0 Å². The SMILES string of the molecule is CCCCCCCCCCCCCCCCCC(=O)[N+](C)(CCCCO)C(=O)CCCCCCCCCCCCCCCCC. The molecule has 0 spiro atoms. The molecule has 45 heavy (non-hydrogen) atoms. The van der Waals surface area contributed by atoms with Crippen LogP contribution in [0.15, 0.2) is 0 Å². The second-order valence-corrected chi connectivity index (χ2v) is 14.5. The normalized spacial score (nSPS) is 11.8. The third-order valence-electron chi connectivity index (χ3n) is 10.1. The first-order valence-corrected chi connectivity index (χ1v) is 20.6. The van der Waals surface area contributed by atoms with Gasteiger partial charge < -0.3 is 5.11 Å². The molecule has 0 aromatic rings. The van der Waals surface area contributed by atoms with E-state index in [9.17, 15) is 14.7 Å². The van der Waals surface area contributed by atoms with Crippen LogP contribution in [0.1, 0.15) is 232 Å². The number of carbonyl (C=O) groups is 2. The van der Waals surface area contributed by atoms with Gasteiger partial charge in [0.25, 0.3) is 0 Å². The van der Waals surface area contributed by atoms with Gasteiger partial charge in [-0.1, -0.05) is 194 Å². The number of nitrogens with zero attached hydrogens (tertiary/aromatic N) is 1. The highest BCUT2D eigenvalue weighted by Crippen LogP contribution is 2.19. The summed E-state index contributed by atoms with van der Waals surface area (Å²) in [5.74, 6) is 0.183. The van der Waals surface area contributed by atoms with E-state index < -0.39 is 0 Å². The largest absolute Gasteiger partial charge is 0.396 e. The molecule has 2 amide bonds. The van der Waals surface area contributed by atoms with E-state index >= 15 is 0 Å². The minimum Gasteiger partial charge on any atom is -0.396 e.